The summed E-state index contributed by atoms with van der Waals surface area (Å²) in [5, 5.41) is 3.21. The molecule has 1 aromatic rings. The number of H-pyrrole nitrogens is 1. The number of nitrogens with one attached hydrogen (secondary N) is 2. The second-order valence-electron chi connectivity index (χ2n) is 7.10. The van der Waals surface area contributed by atoms with E-state index in [1.165, 1.54) is 43.6 Å². The number of rotatable bonds is 4. The van der Waals surface area contributed by atoms with Gasteiger partial charge in [0.2, 0.25) is 0 Å². The summed E-state index contributed by atoms with van der Waals surface area (Å²) in [7, 11) is 2.01. The molecule has 0 unspecified atom stereocenters. The van der Waals surface area contributed by atoms with Crippen LogP contribution in [0.15, 0.2) is 6.20 Å². The highest BCUT2D eigenvalue weighted by Gasteiger charge is 2.49. The molecule has 4 aliphatic carbocycles. The van der Waals surface area contributed by atoms with Crippen molar-refractivity contribution >= 4 is 0 Å². The van der Waals surface area contributed by atoms with Crippen molar-refractivity contribution in [3.8, 4) is 0 Å². The Labute approximate surface area is 115 Å². The van der Waals surface area contributed by atoms with Gasteiger partial charge in [-0.3, -0.25) is 0 Å². The van der Waals surface area contributed by atoms with Crippen molar-refractivity contribution in [1.29, 1.82) is 0 Å². The number of aromatic amines is 1. The zero-order valence-electron chi connectivity index (χ0n) is 11.9. The molecule has 4 fully saturated rings. The lowest BCUT2D eigenvalue weighted by atomic mass is 9.52. The minimum atomic E-state index is 0.746. The number of hydrogen-bond acceptors (Lipinski definition) is 2. The molecule has 4 saturated carbocycles. The Morgan fingerprint density at radius 3 is 2.47 bits per heavy atom. The first-order chi connectivity index (χ1) is 9.33. The van der Waals surface area contributed by atoms with Crippen molar-refractivity contribution in [2.45, 2.75) is 44.4 Å². The molecule has 0 radical (unpaired) electrons. The summed E-state index contributed by atoms with van der Waals surface area (Å²) in [6.45, 7) is 1.03. The van der Waals surface area contributed by atoms with Crippen LogP contribution in [-0.4, -0.2) is 23.6 Å². The summed E-state index contributed by atoms with van der Waals surface area (Å²) < 4.78 is 0. The van der Waals surface area contributed by atoms with Crippen molar-refractivity contribution in [1.82, 2.24) is 15.3 Å². The molecule has 0 aromatic carbocycles. The number of imidazole rings is 1. The van der Waals surface area contributed by atoms with Crippen LogP contribution >= 0.6 is 0 Å². The Morgan fingerprint density at radius 2 is 1.84 bits per heavy atom. The van der Waals surface area contributed by atoms with Gasteiger partial charge in [0.05, 0.1) is 0 Å². The van der Waals surface area contributed by atoms with Gasteiger partial charge >= 0.3 is 0 Å². The first kappa shape index (κ1) is 12.0. The lowest BCUT2D eigenvalue weighted by molar-refractivity contribution is -0.00541. The maximum absolute atomic E-state index is 4.73. The number of aromatic nitrogens is 2. The molecule has 0 amide bonds. The van der Waals surface area contributed by atoms with Crippen molar-refractivity contribution in [2.24, 2.45) is 23.7 Å². The van der Waals surface area contributed by atoms with Crippen LogP contribution in [0, 0.1) is 23.7 Å². The Hall–Kier alpha value is -0.830. The molecule has 4 bridgehead atoms. The molecular weight excluding hydrogens is 234 g/mol. The summed E-state index contributed by atoms with van der Waals surface area (Å²) in [6, 6.07) is 0. The smallest absolute Gasteiger partial charge is 0.109 e. The summed E-state index contributed by atoms with van der Waals surface area (Å²) in [5.41, 5.74) is 1.30. The molecule has 0 spiro atoms. The van der Waals surface area contributed by atoms with Gasteiger partial charge in [-0.25, -0.2) is 4.98 Å². The van der Waals surface area contributed by atoms with E-state index in [9.17, 15) is 0 Å². The van der Waals surface area contributed by atoms with E-state index in [1.54, 1.807) is 0 Å². The predicted octanol–water partition coefficient (Wildman–Crippen LogP) is 2.71. The van der Waals surface area contributed by atoms with Crippen molar-refractivity contribution in [3.05, 3.63) is 17.7 Å². The largest absolute Gasteiger partial charge is 0.346 e. The molecule has 5 rings (SSSR count). The molecule has 0 aliphatic heterocycles. The number of hydrogen-bond donors (Lipinski definition) is 2. The van der Waals surface area contributed by atoms with E-state index >= 15 is 0 Å². The zero-order chi connectivity index (χ0) is 12.8. The molecule has 3 heteroatoms. The van der Waals surface area contributed by atoms with E-state index < -0.39 is 0 Å². The van der Waals surface area contributed by atoms with Gasteiger partial charge in [0.1, 0.15) is 5.82 Å². The van der Waals surface area contributed by atoms with E-state index in [0.717, 1.165) is 42.6 Å². The molecule has 4 aliphatic rings. The van der Waals surface area contributed by atoms with Gasteiger partial charge in [-0.05, 0) is 62.8 Å². The highest BCUT2D eigenvalue weighted by atomic mass is 14.9. The van der Waals surface area contributed by atoms with Crippen LogP contribution < -0.4 is 5.32 Å². The Bertz CT molecular complexity index is 423. The normalized spacial score (nSPS) is 39.9. The number of likely N-dealkylation sites (N-methyl/N-ethyl adjacent to an activating group) is 1. The van der Waals surface area contributed by atoms with E-state index in [1.807, 2.05) is 7.05 Å². The SMILES string of the molecule is CNCCc1cnc(C2C3CC4CC(C3)CC2C4)[nH]1. The molecule has 104 valence electrons. The summed E-state index contributed by atoms with van der Waals surface area (Å²) >= 11 is 0. The van der Waals surface area contributed by atoms with Gasteiger partial charge in [-0.15, -0.1) is 0 Å². The Morgan fingerprint density at radius 1 is 1.16 bits per heavy atom. The Kier molecular flexibility index (Phi) is 2.91. The molecule has 2 N–H and O–H groups in total. The standard InChI is InChI=1S/C16H25N3/c1-17-3-2-14-9-18-16(19-14)15-12-5-10-4-11(7-12)8-13(15)6-10/h9-13,15,17H,2-8H2,1H3,(H,18,19). The monoisotopic (exact) mass is 259 g/mol. The van der Waals surface area contributed by atoms with Gasteiger partial charge in [-0.1, -0.05) is 0 Å². The third-order valence-electron chi connectivity index (χ3n) is 5.83. The fourth-order valence-corrected chi connectivity index (χ4v) is 5.30. The molecule has 0 saturated heterocycles. The number of nitrogens with zero attached hydrogens (tertiary/aromatic N) is 1. The first-order valence-electron chi connectivity index (χ1n) is 8.02. The van der Waals surface area contributed by atoms with E-state index in [-0.39, 0.29) is 0 Å². The van der Waals surface area contributed by atoms with Gasteiger partial charge in [0.25, 0.3) is 0 Å². The van der Waals surface area contributed by atoms with E-state index in [4.69, 9.17) is 4.98 Å². The highest BCUT2D eigenvalue weighted by Crippen LogP contribution is 2.59. The van der Waals surface area contributed by atoms with Gasteiger partial charge in [-0.2, -0.15) is 0 Å². The minimum absolute atomic E-state index is 0.746. The quantitative estimate of drug-likeness (QED) is 0.873. The molecule has 1 heterocycles. The maximum atomic E-state index is 4.73. The molecule has 1 aromatic heterocycles. The zero-order valence-corrected chi connectivity index (χ0v) is 11.9. The fraction of sp³-hybridized carbons (Fsp3) is 0.812. The predicted molar refractivity (Wildman–Crippen MR) is 76.0 cm³/mol. The topological polar surface area (TPSA) is 40.7 Å². The third-order valence-corrected chi connectivity index (χ3v) is 5.83. The van der Waals surface area contributed by atoms with Crippen LogP contribution in [0.25, 0.3) is 0 Å². The van der Waals surface area contributed by atoms with Crippen LogP contribution in [0.2, 0.25) is 0 Å². The van der Waals surface area contributed by atoms with Gasteiger partial charge in [0.15, 0.2) is 0 Å². The summed E-state index contributed by atoms with van der Waals surface area (Å²) in [4.78, 5) is 8.36. The van der Waals surface area contributed by atoms with Crippen LogP contribution in [0.3, 0.4) is 0 Å². The highest BCUT2D eigenvalue weighted by molar-refractivity contribution is 5.14. The average molecular weight is 259 g/mol. The van der Waals surface area contributed by atoms with E-state index in [0.29, 0.717) is 0 Å². The van der Waals surface area contributed by atoms with Crippen LogP contribution in [-0.2, 0) is 6.42 Å². The van der Waals surface area contributed by atoms with Crippen molar-refractivity contribution in [2.75, 3.05) is 13.6 Å². The molecular formula is C16H25N3. The lowest BCUT2D eigenvalue weighted by Crippen LogP contribution is -2.44. The van der Waals surface area contributed by atoms with Crippen LogP contribution in [0.5, 0.6) is 0 Å². The minimum Gasteiger partial charge on any atom is -0.346 e. The summed E-state index contributed by atoms with van der Waals surface area (Å²) in [5.74, 6) is 6.02. The third kappa shape index (κ3) is 2.03. The van der Waals surface area contributed by atoms with Crippen LogP contribution in [0.1, 0.15) is 49.5 Å². The second kappa shape index (κ2) is 4.62. The van der Waals surface area contributed by atoms with Gasteiger partial charge in [0, 0.05) is 30.8 Å². The van der Waals surface area contributed by atoms with E-state index in [2.05, 4.69) is 16.5 Å². The lowest BCUT2D eigenvalue weighted by Gasteiger charge is -2.53. The molecule has 3 nitrogen and oxygen atoms in total. The molecule has 0 atom stereocenters. The molecule has 19 heavy (non-hydrogen) atoms. The Balaban J connectivity index is 1.54. The van der Waals surface area contributed by atoms with Crippen molar-refractivity contribution < 1.29 is 0 Å². The second-order valence-corrected chi connectivity index (χ2v) is 7.10. The van der Waals surface area contributed by atoms with Gasteiger partial charge < -0.3 is 10.3 Å². The summed E-state index contributed by atoms with van der Waals surface area (Å²) in [6.07, 6.45) is 10.6. The first-order valence-corrected chi connectivity index (χ1v) is 8.02. The fourth-order valence-electron chi connectivity index (χ4n) is 5.30. The average Bonchev–Trinajstić information content (AvgIpc) is 2.83. The van der Waals surface area contributed by atoms with Crippen molar-refractivity contribution in [3.63, 3.8) is 0 Å². The van der Waals surface area contributed by atoms with Crippen LogP contribution in [0.4, 0.5) is 0 Å². The maximum Gasteiger partial charge on any atom is 0.109 e.